The van der Waals surface area contributed by atoms with Crippen molar-refractivity contribution in [3.8, 4) is 56.6 Å². The Hall–Kier alpha value is -5.45. The smallest absolute Gasteiger partial charge is 0.149 e. The summed E-state index contributed by atoms with van der Waals surface area (Å²) >= 11 is 0. The van der Waals surface area contributed by atoms with Gasteiger partial charge >= 0.3 is 0 Å². The van der Waals surface area contributed by atoms with Crippen molar-refractivity contribution in [2.75, 3.05) is 0 Å². The average molecular weight is 1020 g/mol. The van der Waals surface area contributed by atoms with E-state index >= 15 is 0 Å². The molecule has 0 spiro atoms. The number of furan rings is 2. The Morgan fingerprint density at radius 3 is 1.81 bits per heavy atom. The third-order valence-electron chi connectivity index (χ3n) is 12.4. The number of rotatable bonds is 7. The number of phenolic OH excluding ortho intramolecular Hbond substituents is 1. The van der Waals surface area contributed by atoms with Crippen molar-refractivity contribution in [2.24, 2.45) is 0 Å². The van der Waals surface area contributed by atoms with Crippen molar-refractivity contribution in [1.29, 1.82) is 0 Å². The molecule has 1 N–H and O–H groups in total. The number of aromatic nitrogens is 3. The number of imidazole rings is 1. The molecule has 7 heteroatoms. The molecule has 0 unspecified atom stereocenters. The summed E-state index contributed by atoms with van der Waals surface area (Å²) in [4.78, 5) is 11.0. The zero-order valence-corrected chi connectivity index (χ0v) is 41.1. The quantitative estimate of drug-likeness (QED) is 0.161. The summed E-state index contributed by atoms with van der Waals surface area (Å²) < 4.78 is 15.0. The van der Waals surface area contributed by atoms with Crippen molar-refractivity contribution in [2.45, 2.75) is 118 Å². The van der Waals surface area contributed by atoms with E-state index in [1.165, 1.54) is 22.3 Å². The van der Waals surface area contributed by atoms with Gasteiger partial charge in [-0.25, -0.2) is 4.98 Å². The van der Waals surface area contributed by atoms with Gasteiger partial charge in [0.05, 0.1) is 33.5 Å². The first kappa shape index (κ1) is 44.2. The molecule has 5 aromatic carbocycles. The van der Waals surface area contributed by atoms with E-state index in [9.17, 15) is 5.11 Å². The van der Waals surface area contributed by atoms with Crippen LogP contribution < -0.4 is 0 Å². The summed E-state index contributed by atoms with van der Waals surface area (Å²) in [6.07, 6.45) is 2.14. The van der Waals surface area contributed by atoms with Gasteiger partial charge in [0.25, 0.3) is 0 Å². The van der Waals surface area contributed by atoms with Crippen LogP contribution in [0.3, 0.4) is 0 Å². The normalized spacial score (nSPS) is 12.7. The molecule has 9 aromatic rings. The summed E-state index contributed by atoms with van der Waals surface area (Å²) in [5.74, 6) is 1.26. The van der Waals surface area contributed by atoms with Gasteiger partial charge < -0.3 is 13.9 Å². The molecule has 6 nitrogen and oxygen atoms in total. The molecule has 0 aliphatic rings. The number of hydrogen-bond donors (Lipinski definition) is 1. The Bertz CT molecular complexity index is 3110. The zero-order chi connectivity index (χ0) is 44.2. The van der Waals surface area contributed by atoms with E-state index in [0.717, 1.165) is 66.9 Å². The van der Waals surface area contributed by atoms with Gasteiger partial charge in [-0.05, 0) is 109 Å². The second-order valence-corrected chi connectivity index (χ2v) is 20.9. The van der Waals surface area contributed by atoms with Crippen molar-refractivity contribution >= 4 is 33.1 Å². The van der Waals surface area contributed by atoms with Crippen LogP contribution in [-0.2, 0) is 37.3 Å². The maximum Gasteiger partial charge on any atom is 0.149 e. The standard InChI is InChI=1S/C56H58N3O3.Pt/c1-31(2)38-24-34(33-18-15-14-16-19-33)25-39(32(3)4)50(38)59-30-44(58-53(59)40-26-35(54(5,6)7)27-41(51(40)60)56(11,12)13)43-29-36(55(8,9)10)28-42(57-43)37-22-23-47-49-48-45(61-47)20-17-21-46(48)62-52(37)49;/h14-21,23-32,60H,1-13H3;/q-1;. The summed E-state index contributed by atoms with van der Waals surface area (Å²) in [6, 6.07) is 35.3. The third-order valence-corrected chi connectivity index (χ3v) is 12.4. The molecule has 0 saturated carbocycles. The molecule has 0 saturated heterocycles. The van der Waals surface area contributed by atoms with E-state index in [0.29, 0.717) is 22.7 Å². The molecule has 9 rings (SSSR count). The Labute approximate surface area is 386 Å². The molecule has 63 heavy (non-hydrogen) atoms. The molecule has 0 amide bonds. The van der Waals surface area contributed by atoms with Crippen LogP contribution in [-0.4, -0.2) is 19.6 Å². The van der Waals surface area contributed by atoms with Crippen molar-refractivity contribution in [3.63, 3.8) is 0 Å². The largest absolute Gasteiger partial charge is 0.507 e. The molecule has 0 fully saturated rings. The van der Waals surface area contributed by atoms with Crippen LogP contribution in [0.15, 0.2) is 106 Å². The first-order valence-corrected chi connectivity index (χ1v) is 22.0. The second kappa shape index (κ2) is 15.7. The van der Waals surface area contributed by atoms with Gasteiger partial charge in [-0.15, -0.1) is 12.1 Å². The molecule has 4 aromatic heterocycles. The number of nitrogens with zero attached hydrogens (tertiary/aromatic N) is 3. The number of phenols is 1. The van der Waals surface area contributed by atoms with Crippen LogP contribution in [0, 0.1) is 6.07 Å². The van der Waals surface area contributed by atoms with Crippen LogP contribution in [0.2, 0.25) is 0 Å². The van der Waals surface area contributed by atoms with Crippen molar-refractivity contribution in [3.05, 3.63) is 131 Å². The molecule has 0 radical (unpaired) electrons. The summed E-state index contributed by atoms with van der Waals surface area (Å²) in [6.45, 7) is 28.9. The van der Waals surface area contributed by atoms with E-state index < -0.39 is 0 Å². The SMILES string of the molecule is CC(C)c1cc(-c2ccccc2)cc(C(C)C)c1-n1cc(-c2cc(C(C)(C)C)cc(-c3[c-]cc4oc5cccc6oc3c4c56)n2)nc1-c1cc(C(C)(C)C)cc(C(C)(C)C)c1O.[Pt]. The second-order valence-electron chi connectivity index (χ2n) is 20.9. The zero-order valence-electron chi connectivity index (χ0n) is 38.8. The van der Waals surface area contributed by atoms with Gasteiger partial charge in [-0.3, -0.25) is 9.55 Å². The van der Waals surface area contributed by atoms with E-state index in [-0.39, 0.29) is 54.9 Å². The maximum absolute atomic E-state index is 12.5. The van der Waals surface area contributed by atoms with Gasteiger partial charge in [-0.2, -0.15) is 0 Å². The summed E-state index contributed by atoms with van der Waals surface area (Å²) in [5, 5.41) is 14.4. The molecule has 0 bridgehead atoms. The first-order chi connectivity index (χ1) is 29.2. The minimum Gasteiger partial charge on any atom is -0.507 e. The molecule has 0 atom stereocenters. The molecular formula is C56H58N3O3Pt-. The van der Waals surface area contributed by atoms with E-state index in [2.05, 4.69) is 174 Å². The Morgan fingerprint density at radius 2 is 1.21 bits per heavy atom. The first-order valence-electron chi connectivity index (χ1n) is 22.0. The van der Waals surface area contributed by atoms with Gasteiger partial charge in [0.1, 0.15) is 28.4 Å². The Kier molecular flexibility index (Phi) is 11.0. The number of aromatic hydroxyl groups is 1. The number of hydrogen-bond acceptors (Lipinski definition) is 5. The van der Waals surface area contributed by atoms with Crippen LogP contribution in [0.4, 0.5) is 0 Å². The molecular weight excluding hydrogens is 958 g/mol. The van der Waals surface area contributed by atoms with E-state index in [1.54, 1.807) is 0 Å². The summed E-state index contributed by atoms with van der Waals surface area (Å²) in [7, 11) is 0. The van der Waals surface area contributed by atoms with Gasteiger partial charge in [0, 0.05) is 32.8 Å². The number of pyridine rings is 1. The fourth-order valence-corrected chi connectivity index (χ4v) is 8.81. The fraction of sp³-hybridized carbons (Fsp3) is 0.321. The van der Waals surface area contributed by atoms with Gasteiger partial charge in [-0.1, -0.05) is 144 Å². The number of benzene rings is 5. The average Bonchev–Trinajstić information content (AvgIpc) is 3.94. The predicted molar refractivity (Wildman–Crippen MR) is 256 cm³/mol. The molecule has 326 valence electrons. The van der Waals surface area contributed by atoms with Crippen LogP contribution in [0.25, 0.3) is 84.0 Å². The maximum atomic E-state index is 12.5. The predicted octanol–water partition coefficient (Wildman–Crippen LogP) is 15.7. The van der Waals surface area contributed by atoms with Crippen molar-refractivity contribution in [1.82, 2.24) is 14.5 Å². The van der Waals surface area contributed by atoms with E-state index in [1.807, 2.05) is 24.3 Å². The minimum atomic E-state index is -0.331. The molecule has 4 heterocycles. The van der Waals surface area contributed by atoms with Gasteiger partial charge in [0.2, 0.25) is 0 Å². The fourth-order valence-electron chi connectivity index (χ4n) is 8.81. The van der Waals surface area contributed by atoms with Gasteiger partial charge in [0.15, 0.2) is 0 Å². The Balaban J connectivity index is 0.00000544. The van der Waals surface area contributed by atoms with Crippen molar-refractivity contribution < 1.29 is 35.0 Å². The van der Waals surface area contributed by atoms with Crippen LogP contribution in [0.5, 0.6) is 5.75 Å². The van der Waals surface area contributed by atoms with Crippen LogP contribution >= 0.6 is 0 Å². The topological polar surface area (TPSA) is 77.2 Å². The molecule has 0 aliphatic heterocycles. The Morgan fingerprint density at radius 1 is 0.603 bits per heavy atom. The third kappa shape index (κ3) is 7.73. The minimum absolute atomic E-state index is 0. The molecule has 0 aliphatic carbocycles. The van der Waals surface area contributed by atoms with E-state index in [4.69, 9.17) is 18.8 Å². The monoisotopic (exact) mass is 1020 g/mol. The van der Waals surface area contributed by atoms with Crippen LogP contribution in [0.1, 0.15) is 130 Å². The summed E-state index contributed by atoms with van der Waals surface area (Å²) in [5.41, 5.74) is 14.9.